The Bertz CT molecular complexity index is 811. The largest absolute Gasteiger partial charge is 0.361 e. The normalized spacial score (nSPS) is 18.2. The van der Waals surface area contributed by atoms with Gasteiger partial charge in [0.25, 0.3) is 0 Å². The van der Waals surface area contributed by atoms with Crippen molar-refractivity contribution < 1.29 is 0 Å². The van der Waals surface area contributed by atoms with Gasteiger partial charge in [0.2, 0.25) is 5.95 Å². The average Bonchev–Trinajstić information content (AvgIpc) is 3.40. The van der Waals surface area contributed by atoms with Crippen LogP contribution in [0.2, 0.25) is 0 Å². The van der Waals surface area contributed by atoms with Gasteiger partial charge in [-0.25, -0.2) is 4.98 Å². The fraction of sp³-hybridized carbons (Fsp3) is 0.500. The number of nitrogens with one attached hydrogen (secondary N) is 2. The van der Waals surface area contributed by atoms with Crippen LogP contribution in [0.1, 0.15) is 49.8 Å². The van der Waals surface area contributed by atoms with Crippen LogP contribution in [0.15, 0.2) is 36.4 Å². The molecular weight excluding hydrogens is 366 g/mol. The van der Waals surface area contributed by atoms with Gasteiger partial charge in [-0.3, -0.25) is 0 Å². The summed E-state index contributed by atoms with van der Waals surface area (Å²) in [6.45, 7) is 4.98. The highest BCUT2D eigenvalue weighted by Gasteiger charge is 2.35. The number of aryl methyl sites for hydroxylation is 1. The third kappa shape index (κ3) is 4.27. The lowest BCUT2D eigenvalue weighted by Gasteiger charge is -2.30. The molecule has 2 fully saturated rings. The lowest BCUT2D eigenvalue weighted by Crippen LogP contribution is -2.41. The molecule has 0 amide bonds. The Morgan fingerprint density at radius 1 is 1.07 bits per heavy atom. The van der Waals surface area contributed by atoms with Gasteiger partial charge in [0.05, 0.1) is 0 Å². The van der Waals surface area contributed by atoms with Crippen molar-refractivity contribution >= 4 is 29.1 Å². The summed E-state index contributed by atoms with van der Waals surface area (Å²) in [5.74, 6) is 1.58. The molecule has 2 aromatic rings. The van der Waals surface area contributed by atoms with Crippen molar-refractivity contribution in [2.45, 2.75) is 50.9 Å². The molecule has 148 valence electrons. The molecule has 1 aromatic heterocycles. The van der Waals surface area contributed by atoms with E-state index in [1.54, 1.807) is 0 Å². The van der Waals surface area contributed by atoms with Gasteiger partial charge < -0.3 is 15.5 Å². The van der Waals surface area contributed by atoms with Crippen LogP contribution in [0, 0.1) is 6.92 Å². The molecule has 1 aliphatic carbocycles. The summed E-state index contributed by atoms with van der Waals surface area (Å²) in [5, 5.41) is 7.26. The van der Waals surface area contributed by atoms with E-state index in [1.165, 1.54) is 44.1 Å². The number of hydrogen-bond donors (Lipinski definition) is 2. The Hall–Kier alpha value is -2.21. The monoisotopic (exact) mass is 395 g/mol. The number of aromatic nitrogens is 2. The second-order valence-electron chi connectivity index (χ2n) is 8.05. The molecule has 0 atom stereocenters. The van der Waals surface area contributed by atoms with Crippen LogP contribution in [-0.4, -0.2) is 34.7 Å². The van der Waals surface area contributed by atoms with E-state index in [9.17, 15) is 0 Å². The Labute approximate surface area is 173 Å². The Morgan fingerprint density at radius 3 is 2.50 bits per heavy atom. The average molecular weight is 396 g/mol. The molecule has 5 nitrogen and oxygen atoms in total. The maximum Gasteiger partial charge on any atom is 0.231 e. The van der Waals surface area contributed by atoms with Gasteiger partial charge in [-0.05, 0) is 50.4 Å². The molecule has 6 heteroatoms. The molecule has 0 unspecified atom stereocenters. The van der Waals surface area contributed by atoms with Crippen molar-refractivity contribution in [2.75, 3.05) is 29.9 Å². The van der Waals surface area contributed by atoms with Crippen molar-refractivity contribution in [3.05, 3.63) is 47.7 Å². The quantitative estimate of drug-likeness (QED) is 0.741. The molecule has 1 saturated carbocycles. The van der Waals surface area contributed by atoms with Crippen molar-refractivity contribution in [1.29, 1.82) is 0 Å². The van der Waals surface area contributed by atoms with Crippen LogP contribution in [0.4, 0.5) is 11.8 Å². The molecule has 0 bridgehead atoms. The van der Waals surface area contributed by atoms with E-state index >= 15 is 0 Å². The zero-order chi connectivity index (χ0) is 19.4. The fourth-order valence-electron chi connectivity index (χ4n) is 4.52. The van der Waals surface area contributed by atoms with Gasteiger partial charge in [0.1, 0.15) is 5.82 Å². The van der Waals surface area contributed by atoms with Gasteiger partial charge in [0, 0.05) is 36.8 Å². The SMILES string of the molecule is Cc1cc(N2CCCC2)nc(NC(=S)NCC2(c3ccccc3)CCCC2)n1. The molecule has 1 aromatic carbocycles. The molecular formula is C22H29N5S. The first-order valence-electron chi connectivity index (χ1n) is 10.4. The molecule has 4 rings (SSSR count). The first-order chi connectivity index (χ1) is 13.6. The van der Waals surface area contributed by atoms with Crippen LogP contribution in [0.25, 0.3) is 0 Å². The zero-order valence-electron chi connectivity index (χ0n) is 16.6. The predicted molar refractivity (Wildman–Crippen MR) is 119 cm³/mol. The first-order valence-corrected chi connectivity index (χ1v) is 10.8. The van der Waals surface area contributed by atoms with E-state index in [2.05, 4.69) is 61.9 Å². The predicted octanol–water partition coefficient (Wildman–Crippen LogP) is 4.18. The zero-order valence-corrected chi connectivity index (χ0v) is 17.4. The standard InChI is InChI=1S/C22H29N5S/c1-17-15-19(27-13-7-8-14-27)25-20(24-17)26-21(28)23-16-22(11-5-6-12-22)18-9-3-2-4-10-18/h2-4,9-10,15H,5-8,11-14,16H2,1H3,(H2,23,24,25,26,28). The topological polar surface area (TPSA) is 53.1 Å². The lowest BCUT2D eigenvalue weighted by atomic mass is 9.79. The number of anilines is 2. The molecule has 1 aliphatic heterocycles. The van der Waals surface area contributed by atoms with Crippen molar-refractivity contribution in [3.8, 4) is 0 Å². The van der Waals surface area contributed by atoms with Crippen LogP contribution in [-0.2, 0) is 5.41 Å². The van der Waals surface area contributed by atoms with Crippen molar-refractivity contribution in [3.63, 3.8) is 0 Å². The van der Waals surface area contributed by atoms with Crippen molar-refractivity contribution in [1.82, 2.24) is 15.3 Å². The Kier molecular flexibility index (Phi) is 5.76. The van der Waals surface area contributed by atoms with Gasteiger partial charge in [-0.1, -0.05) is 43.2 Å². The summed E-state index contributed by atoms with van der Waals surface area (Å²) in [6, 6.07) is 12.9. The minimum atomic E-state index is 0.168. The minimum absolute atomic E-state index is 0.168. The summed E-state index contributed by atoms with van der Waals surface area (Å²) < 4.78 is 0. The number of rotatable bonds is 5. The fourth-order valence-corrected chi connectivity index (χ4v) is 4.69. The lowest BCUT2D eigenvalue weighted by molar-refractivity contribution is 0.435. The van der Waals surface area contributed by atoms with E-state index < -0.39 is 0 Å². The smallest absolute Gasteiger partial charge is 0.231 e. The molecule has 28 heavy (non-hydrogen) atoms. The van der Waals surface area contributed by atoms with E-state index in [0.29, 0.717) is 11.1 Å². The number of nitrogens with zero attached hydrogens (tertiary/aromatic N) is 3. The van der Waals surface area contributed by atoms with Gasteiger partial charge >= 0.3 is 0 Å². The molecule has 0 radical (unpaired) electrons. The molecule has 0 spiro atoms. The number of thiocarbonyl (C=S) groups is 1. The highest BCUT2D eigenvalue weighted by Crippen LogP contribution is 2.40. The van der Waals surface area contributed by atoms with Crippen LogP contribution < -0.4 is 15.5 Å². The van der Waals surface area contributed by atoms with Crippen LogP contribution in [0.5, 0.6) is 0 Å². The van der Waals surface area contributed by atoms with Gasteiger partial charge in [-0.15, -0.1) is 0 Å². The molecule has 1 saturated heterocycles. The van der Waals surface area contributed by atoms with E-state index in [1.807, 2.05) is 6.92 Å². The second kappa shape index (κ2) is 8.43. The van der Waals surface area contributed by atoms with Crippen molar-refractivity contribution in [2.24, 2.45) is 0 Å². The summed E-state index contributed by atoms with van der Waals surface area (Å²) in [5.41, 5.74) is 2.53. The summed E-state index contributed by atoms with van der Waals surface area (Å²) in [7, 11) is 0. The highest BCUT2D eigenvalue weighted by atomic mass is 32.1. The van der Waals surface area contributed by atoms with Gasteiger partial charge in [-0.2, -0.15) is 4.98 Å². The number of hydrogen-bond acceptors (Lipinski definition) is 4. The molecule has 2 heterocycles. The third-order valence-electron chi connectivity index (χ3n) is 6.03. The maximum atomic E-state index is 5.58. The van der Waals surface area contributed by atoms with E-state index in [4.69, 9.17) is 12.2 Å². The summed E-state index contributed by atoms with van der Waals surface area (Å²) >= 11 is 5.58. The molecule has 2 N–H and O–H groups in total. The second-order valence-corrected chi connectivity index (χ2v) is 8.45. The van der Waals surface area contributed by atoms with Crippen LogP contribution >= 0.6 is 12.2 Å². The highest BCUT2D eigenvalue weighted by molar-refractivity contribution is 7.80. The van der Waals surface area contributed by atoms with E-state index in [0.717, 1.165) is 31.1 Å². The van der Waals surface area contributed by atoms with Crippen LogP contribution in [0.3, 0.4) is 0 Å². The maximum absolute atomic E-state index is 5.58. The van der Waals surface area contributed by atoms with E-state index in [-0.39, 0.29) is 5.41 Å². The first kappa shape index (κ1) is 19.1. The van der Waals surface area contributed by atoms with Gasteiger partial charge in [0.15, 0.2) is 5.11 Å². The third-order valence-corrected chi connectivity index (χ3v) is 6.28. The molecule has 2 aliphatic rings. The minimum Gasteiger partial charge on any atom is -0.361 e. The summed E-state index contributed by atoms with van der Waals surface area (Å²) in [4.78, 5) is 11.5. The Balaban J connectivity index is 1.41. The number of benzene rings is 1. The summed E-state index contributed by atoms with van der Waals surface area (Å²) in [6.07, 6.45) is 7.41. The Morgan fingerprint density at radius 2 is 1.79 bits per heavy atom.